The monoisotopic (exact) mass is 336 g/mol. The summed E-state index contributed by atoms with van der Waals surface area (Å²) in [5.74, 6) is 0.189. The summed E-state index contributed by atoms with van der Waals surface area (Å²) in [6, 6.07) is 0. The number of carbonyl (C=O) groups excluding carboxylic acids is 2. The Balaban J connectivity index is 1.60. The minimum atomic E-state index is -0.249. The molecule has 22 heavy (non-hydrogen) atoms. The minimum Gasteiger partial charge on any atom is -0.374 e. The molecule has 0 aromatic carbocycles. The summed E-state index contributed by atoms with van der Waals surface area (Å²) in [6.07, 6.45) is 3.53. The number of ketones is 1. The SMILES string of the molecule is Nc1nnc(SCC(=O)Nc2ncc3c(n2)CCCC3=O)s1. The average Bonchev–Trinajstić information content (AvgIpc) is 2.91. The summed E-state index contributed by atoms with van der Waals surface area (Å²) in [5, 5.41) is 10.5. The van der Waals surface area contributed by atoms with Gasteiger partial charge in [-0.25, -0.2) is 9.97 Å². The van der Waals surface area contributed by atoms with Gasteiger partial charge in [0.15, 0.2) is 10.1 Å². The molecule has 3 rings (SSSR count). The molecule has 2 heterocycles. The average molecular weight is 336 g/mol. The maximum atomic E-state index is 11.9. The number of thioether (sulfide) groups is 1. The van der Waals surface area contributed by atoms with Gasteiger partial charge in [0.05, 0.1) is 17.0 Å². The molecule has 10 heteroatoms. The van der Waals surface area contributed by atoms with Gasteiger partial charge in [-0.15, -0.1) is 10.2 Å². The molecule has 8 nitrogen and oxygen atoms in total. The zero-order valence-corrected chi connectivity index (χ0v) is 13.0. The second-order valence-corrected chi connectivity index (χ2v) is 6.81. The molecule has 1 amide bonds. The first-order chi connectivity index (χ1) is 10.6. The van der Waals surface area contributed by atoms with E-state index in [2.05, 4.69) is 25.5 Å². The number of nitrogens with two attached hydrogens (primary N) is 1. The van der Waals surface area contributed by atoms with E-state index >= 15 is 0 Å². The van der Waals surface area contributed by atoms with Crippen molar-refractivity contribution < 1.29 is 9.59 Å². The highest BCUT2D eigenvalue weighted by molar-refractivity contribution is 8.01. The lowest BCUT2D eigenvalue weighted by molar-refractivity contribution is -0.113. The number of hydrogen-bond acceptors (Lipinski definition) is 9. The highest BCUT2D eigenvalue weighted by atomic mass is 32.2. The molecule has 0 atom stereocenters. The first-order valence-electron chi connectivity index (χ1n) is 6.52. The number of hydrogen-bond donors (Lipinski definition) is 2. The maximum Gasteiger partial charge on any atom is 0.237 e. The van der Waals surface area contributed by atoms with Crippen LogP contribution in [0.3, 0.4) is 0 Å². The number of anilines is 2. The molecule has 1 aliphatic carbocycles. The molecular formula is C12H12N6O2S2. The molecule has 2 aromatic rings. The van der Waals surface area contributed by atoms with Crippen LogP contribution >= 0.6 is 23.1 Å². The van der Waals surface area contributed by atoms with Crippen LogP contribution in [0.15, 0.2) is 10.5 Å². The van der Waals surface area contributed by atoms with Crippen LogP contribution in [0.2, 0.25) is 0 Å². The predicted molar refractivity (Wildman–Crippen MR) is 83.0 cm³/mol. The molecule has 3 N–H and O–H groups in total. The summed E-state index contributed by atoms with van der Waals surface area (Å²) in [5.41, 5.74) is 6.73. The van der Waals surface area contributed by atoms with E-state index in [0.717, 1.165) is 12.8 Å². The van der Waals surface area contributed by atoms with Crippen LogP contribution in [0.4, 0.5) is 11.1 Å². The number of carbonyl (C=O) groups is 2. The molecule has 114 valence electrons. The molecule has 0 bridgehead atoms. The van der Waals surface area contributed by atoms with Gasteiger partial charge in [0.1, 0.15) is 0 Å². The van der Waals surface area contributed by atoms with Gasteiger partial charge < -0.3 is 5.73 Å². The summed E-state index contributed by atoms with van der Waals surface area (Å²) in [7, 11) is 0. The van der Waals surface area contributed by atoms with Crippen LogP contribution in [0.25, 0.3) is 0 Å². The molecule has 0 aliphatic heterocycles. The zero-order chi connectivity index (χ0) is 15.5. The van der Waals surface area contributed by atoms with E-state index < -0.39 is 0 Å². The quantitative estimate of drug-likeness (QED) is 0.797. The number of fused-ring (bicyclic) bond motifs is 1. The number of Topliss-reactive ketones (excluding diaryl/α,β-unsaturated/α-hetero) is 1. The smallest absolute Gasteiger partial charge is 0.237 e. The van der Waals surface area contributed by atoms with Crippen LogP contribution < -0.4 is 11.1 Å². The second kappa shape index (κ2) is 6.36. The number of nitrogen functional groups attached to an aromatic ring is 1. The molecule has 0 radical (unpaired) electrons. The Morgan fingerprint density at radius 1 is 1.41 bits per heavy atom. The minimum absolute atomic E-state index is 0.0588. The molecule has 0 fully saturated rings. The Labute approximate surface area is 133 Å². The lowest BCUT2D eigenvalue weighted by atomic mass is 9.96. The molecule has 2 aromatic heterocycles. The fourth-order valence-corrected chi connectivity index (χ4v) is 3.45. The second-order valence-electron chi connectivity index (χ2n) is 4.57. The third kappa shape index (κ3) is 3.39. The lowest BCUT2D eigenvalue weighted by Gasteiger charge is -2.13. The Hall–Kier alpha value is -2.07. The summed E-state index contributed by atoms with van der Waals surface area (Å²) < 4.78 is 0.629. The Morgan fingerprint density at radius 3 is 3.05 bits per heavy atom. The zero-order valence-electron chi connectivity index (χ0n) is 11.4. The summed E-state index contributed by atoms with van der Waals surface area (Å²) >= 11 is 2.47. The first kappa shape index (κ1) is 14.9. The highest BCUT2D eigenvalue weighted by Gasteiger charge is 2.19. The molecule has 0 spiro atoms. The van der Waals surface area contributed by atoms with Gasteiger partial charge >= 0.3 is 0 Å². The first-order valence-corrected chi connectivity index (χ1v) is 8.33. The van der Waals surface area contributed by atoms with Gasteiger partial charge in [-0.1, -0.05) is 23.1 Å². The van der Waals surface area contributed by atoms with E-state index in [9.17, 15) is 9.59 Å². The normalized spacial score (nSPS) is 13.7. The molecule has 0 unspecified atom stereocenters. The van der Waals surface area contributed by atoms with Crippen molar-refractivity contribution >= 4 is 45.9 Å². The van der Waals surface area contributed by atoms with Crippen molar-refractivity contribution in [2.45, 2.75) is 23.6 Å². The van der Waals surface area contributed by atoms with E-state index in [4.69, 9.17) is 5.73 Å². The van der Waals surface area contributed by atoms with Crippen molar-refractivity contribution in [3.63, 3.8) is 0 Å². The molecule has 1 aliphatic rings. The largest absolute Gasteiger partial charge is 0.374 e. The van der Waals surface area contributed by atoms with Crippen molar-refractivity contribution in [1.82, 2.24) is 20.2 Å². The third-order valence-corrected chi connectivity index (χ3v) is 4.87. The van der Waals surface area contributed by atoms with E-state index in [1.54, 1.807) is 0 Å². The van der Waals surface area contributed by atoms with Crippen molar-refractivity contribution in [2.24, 2.45) is 0 Å². The van der Waals surface area contributed by atoms with Crippen LogP contribution in [0, 0.1) is 0 Å². The number of nitrogens with zero attached hydrogens (tertiary/aromatic N) is 4. The van der Waals surface area contributed by atoms with Crippen LogP contribution in [-0.2, 0) is 11.2 Å². The number of nitrogens with one attached hydrogen (secondary N) is 1. The lowest BCUT2D eigenvalue weighted by Crippen LogP contribution is -2.19. The molecular weight excluding hydrogens is 324 g/mol. The Morgan fingerprint density at radius 2 is 2.27 bits per heavy atom. The Bertz CT molecular complexity index is 732. The topological polar surface area (TPSA) is 124 Å². The van der Waals surface area contributed by atoms with Crippen molar-refractivity contribution in [3.05, 3.63) is 17.5 Å². The maximum absolute atomic E-state index is 11.9. The summed E-state index contributed by atoms with van der Waals surface area (Å²) in [6.45, 7) is 0. The van der Waals surface area contributed by atoms with Gasteiger partial charge in [-0.2, -0.15) is 0 Å². The number of rotatable bonds is 4. The van der Waals surface area contributed by atoms with Crippen molar-refractivity contribution in [3.8, 4) is 0 Å². The number of amides is 1. The van der Waals surface area contributed by atoms with Gasteiger partial charge in [0.25, 0.3) is 0 Å². The fourth-order valence-electron chi connectivity index (χ4n) is 2.02. The van der Waals surface area contributed by atoms with Gasteiger partial charge in [0.2, 0.25) is 17.0 Å². The van der Waals surface area contributed by atoms with Crippen LogP contribution in [0.1, 0.15) is 28.9 Å². The standard InChI is InChI=1S/C12H12N6O2S2/c13-10-17-18-12(22-10)21-5-9(20)16-11-14-4-6-7(15-11)2-1-3-8(6)19/h4H,1-3,5H2,(H2,13,17)(H,14,15,16,20). The van der Waals surface area contributed by atoms with Crippen molar-refractivity contribution in [1.29, 1.82) is 0 Å². The third-order valence-electron chi connectivity index (χ3n) is 2.99. The van der Waals surface area contributed by atoms with E-state index in [-0.39, 0.29) is 23.4 Å². The van der Waals surface area contributed by atoms with E-state index in [0.29, 0.717) is 27.1 Å². The van der Waals surface area contributed by atoms with Crippen LogP contribution in [0.5, 0.6) is 0 Å². The van der Waals surface area contributed by atoms with Gasteiger partial charge in [-0.3, -0.25) is 14.9 Å². The highest BCUT2D eigenvalue weighted by Crippen LogP contribution is 2.23. The number of aryl methyl sites for hydroxylation is 1. The Kier molecular flexibility index (Phi) is 4.29. The van der Waals surface area contributed by atoms with Gasteiger partial charge in [-0.05, 0) is 12.8 Å². The predicted octanol–water partition coefficient (Wildman–Crippen LogP) is 1.16. The van der Waals surface area contributed by atoms with Crippen molar-refractivity contribution in [2.75, 3.05) is 16.8 Å². The van der Waals surface area contributed by atoms with E-state index in [1.807, 2.05) is 0 Å². The molecule has 0 saturated carbocycles. The van der Waals surface area contributed by atoms with Gasteiger partial charge in [0, 0.05) is 12.6 Å². The van der Waals surface area contributed by atoms with Crippen LogP contribution in [-0.4, -0.2) is 37.6 Å². The molecule has 0 saturated heterocycles. The number of aromatic nitrogens is 4. The fraction of sp³-hybridized carbons (Fsp3) is 0.333. The summed E-state index contributed by atoms with van der Waals surface area (Å²) in [4.78, 5) is 31.8. The van der Waals surface area contributed by atoms with E-state index in [1.165, 1.54) is 29.3 Å².